The van der Waals surface area contributed by atoms with Crippen LogP contribution >= 0.6 is 46.4 Å². The van der Waals surface area contributed by atoms with Gasteiger partial charge in [0.1, 0.15) is 11.0 Å². The van der Waals surface area contributed by atoms with Crippen molar-refractivity contribution in [2.75, 3.05) is 0 Å². The van der Waals surface area contributed by atoms with Gasteiger partial charge in [0.2, 0.25) is 5.89 Å². The molecular formula is C22H21Cl4N5O3. The zero-order valence-electron chi connectivity index (χ0n) is 18.3. The van der Waals surface area contributed by atoms with Gasteiger partial charge in [-0.2, -0.15) is 4.98 Å². The first-order valence-electron chi connectivity index (χ1n) is 10.8. The Morgan fingerprint density at radius 3 is 2.53 bits per heavy atom. The molecule has 0 saturated carbocycles. The molecule has 0 aliphatic carbocycles. The molecule has 0 bridgehead atoms. The molecule has 3 aromatic rings. The van der Waals surface area contributed by atoms with Crippen molar-refractivity contribution in [1.82, 2.24) is 19.3 Å². The molecule has 8 nitrogen and oxygen atoms in total. The molecular weight excluding hydrogens is 524 g/mol. The van der Waals surface area contributed by atoms with Gasteiger partial charge < -0.3 is 4.52 Å². The molecule has 1 aromatic carbocycles. The molecule has 3 heterocycles. The first kappa shape index (κ1) is 25.0. The molecule has 4 rings (SSSR count). The molecule has 34 heavy (non-hydrogen) atoms. The summed E-state index contributed by atoms with van der Waals surface area (Å²) in [7, 11) is 0. The number of halogens is 4. The first-order chi connectivity index (χ1) is 16.3. The van der Waals surface area contributed by atoms with Crippen LogP contribution in [0.15, 0.2) is 31.2 Å². The van der Waals surface area contributed by atoms with E-state index in [9.17, 15) is 9.59 Å². The van der Waals surface area contributed by atoms with E-state index in [1.807, 2.05) is 6.92 Å². The average Bonchev–Trinajstić information content (AvgIpc) is 3.42. The van der Waals surface area contributed by atoms with Crippen molar-refractivity contribution >= 4 is 57.4 Å². The summed E-state index contributed by atoms with van der Waals surface area (Å²) in [6.07, 6.45) is 3.04. The normalized spacial score (nSPS) is 12.8. The molecule has 0 spiro atoms. The van der Waals surface area contributed by atoms with Gasteiger partial charge in [-0.3, -0.25) is 13.9 Å². The number of nitrogens with zero attached hydrogens (tertiary/aromatic N) is 5. The minimum Gasteiger partial charge on any atom is -0.339 e. The average molecular weight is 545 g/mol. The van der Waals surface area contributed by atoms with Gasteiger partial charge >= 0.3 is 5.69 Å². The number of hydrogen-bond acceptors (Lipinski definition) is 6. The Labute approximate surface area is 215 Å². The highest BCUT2D eigenvalue weighted by Crippen LogP contribution is 2.32. The zero-order chi connectivity index (χ0) is 24.4. The monoisotopic (exact) mass is 543 g/mol. The number of benzene rings is 1. The van der Waals surface area contributed by atoms with Crippen molar-refractivity contribution in [3.8, 4) is 0 Å². The molecule has 12 heteroatoms. The van der Waals surface area contributed by atoms with Crippen molar-refractivity contribution in [3.63, 3.8) is 0 Å². The van der Waals surface area contributed by atoms with Gasteiger partial charge in [-0.15, -0.1) is 0 Å². The number of aromatic nitrogens is 4. The van der Waals surface area contributed by atoms with Crippen LogP contribution in [0.4, 0.5) is 5.82 Å². The summed E-state index contributed by atoms with van der Waals surface area (Å²) >= 11 is 24.6. The van der Waals surface area contributed by atoms with Crippen molar-refractivity contribution in [3.05, 3.63) is 70.9 Å². The number of fused-ring (bicyclic) bond motifs is 1. The van der Waals surface area contributed by atoms with Crippen LogP contribution in [-0.2, 0) is 32.4 Å². The zero-order valence-corrected chi connectivity index (χ0v) is 21.3. The third kappa shape index (κ3) is 5.10. The molecule has 0 saturated heterocycles. The lowest BCUT2D eigenvalue weighted by molar-refractivity contribution is 0.366. The standard InChI is InChI=1S/C22H21Cl4N5O3/c1-2-3-8-30-20-13(10-16(25)27-20)21(32)31(22(30)33)9-4-5-18-28-17(29-34-18)11-12-14(23)6-7-15(24)19(12)26/h6-7H,2-5,8-11H2,1H3. The molecule has 1 aliphatic rings. The van der Waals surface area contributed by atoms with E-state index in [1.165, 1.54) is 4.57 Å². The van der Waals surface area contributed by atoms with Gasteiger partial charge in [0.05, 0.1) is 15.6 Å². The number of aryl methyl sites for hydroxylation is 1. The summed E-state index contributed by atoms with van der Waals surface area (Å²) in [4.78, 5) is 34.6. The molecule has 0 N–H and O–H groups in total. The first-order valence-corrected chi connectivity index (χ1v) is 12.3. The topological polar surface area (TPSA) is 95.3 Å². The molecule has 0 unspecified atom stereocenters. The predicted octanol–water partition coefficient (Wildman–Crippen LogP) is 5.20. The Morgan fingerprint density at radius 2 is 1.76 bits per heavy atom. The Morgan fingerprint density at radius 1 is 1.03 bits per heavy atom. The summed E-state index contributed by atoms with van der Waals surface area (Å²) in [6, 6.07) is 3.28. The maximum absolute atomic E-state index is 13.0. The van der Waals surface area contributed by atoms with Crippen LogP contribution in [0.1, 0.15) is 49.0 Å². The van der Waals surface area contributed by atoms with Crippen LogP contribution in [0.25, 0.3) is 0 Å². The molecule has 0 atom stereocenters. The number of rotatable bonds is 9. The summed E-state index contributed by atoms with van der Waals surface area (Å²) in [5.41, 5.74) is 0.324. The van der Waals surface area contributed by atoms with Crippen molar-refractivity contribution in [2.45, 2.75) is 58.5 Å². The van der Waals surface area contributed by atoms with Crippen molar-refractivity contribution < 1.29 is 4.52 Å². The van der Waals surface area contributed by atoms with E-state index in [0.717, 1.165) is 12.8 Å². The van der Waals surface area contributed by atoms with E-state index < -0.39 is 0 Å². The third-order valence-electron chi connectivity index (χ3n) is 5.53. The van der Waals surface area contributed by atoms with Crippen LogP contribution in [0.5, 0.6) is 0 Å². The lowest BCUT2D eigenvalue weighted by Crippen LogP contribution is -2.41. The number of aliphatic imine (C=N–C) groups is 1. The largest absolute Gasteiger partial charge is 0.339 e. The molecule has 2 aromatic heterocycles. The lowest BCUT2D eigenvalue weighted by Gasteiger charge is -2.13. The van der Waals surface area contributed by atoms with E-state index in [4.69, 9.17) is 50.9 Å². The lowest BCUT2D eigenvalue weighted by atomic mass is 10.1. The second-order valence-electron chi connectivity index (χ2n) is 7.92. The van der Waals surface area contributed by atoms with Crippen LogP contribution in [-0.4, -0.2) is 24.4 Å². The summed E-state index contributed by atoms with van der Waals surface area (Å²) in [5.74, 6) is 1.17. The fourth-order valence-corrected chi connectivity index (χ4v) is 4.68. The second kappa shape index (κ2) is 10.6. The summed E-state index contributed by atoms with van der Waals surface area (Å²) in [6.45, 7) is 2.72. The summed E-state index contributed by atoms with van der Waals surface area (Å²) < 4.78 is 8.10. The highest BCUT2D eigenvalue weighted by Gasteiger charge is 2.24. The van der Waals surface area contributed by atoms with Gasteiger partial charge in [0.15, 0.2) is 5.82 Å². The maximum atomic E-state index is 13.0. The van der Waals surface area contributed by atoms with Crippen molar-refractivity contribution in [1.29, 1.82) is 0 Å². The van der Waals surface area contributed by atoms with Gasteiger partial charge in [-0.25, -0.2) is 9.79 Å². The smallest absolute Gasteiger partial charge is 0.332 e. The minimum atomic E-state index is -0.385. The highest BCUT2D eigenvalue weighted by molar-refractivity contribution is 6.66. The fourth-order valence-electron chi connectivity index (χ4n) is 3.78. The van der Waals surface area contributed by atoms with Crippen LogP contribution in [0.2, 0.25) is 15.1 Å². The maximum Gasteiger partial charge on any atom is 0.332 e. The Bertz CT molecular complexity index is 1380. The van der Waals surface area contributed by atoms with Gasteiger partial charge in [-0.1, -0.05) is 64.9 Å². The Kier molecular flexibility index (Phi) is 7.82. The van der Waals surface area contributed by atoms with E-state index in [-0.39, 0.29) is 30.6 Å². The van der Waals surface area contributed by atoms with E-state index in [0.29, 0.717) is 68.3 Å². The molecule has 0 amide bonds. The van der Waals surface area contributed by atoms with Crippen molar-refractivity contribution in [2.24, 2.45) is 4.99 Å². The van der Waals surface area contributed by atoms with Crippen LogP contribution in [0.3, 0.4) is 0 Å². The molecule has 0 radical (unpaired) electrons. The van der Waals surface area contributed by atoms with E-state index >= 15 is 0 Å². The number of unbranched alkanes of at least 4 members (excludes halogenated alkanes) is 1. The Hall–Kier alpha value is -2.13. The highest BCUT2D eigenvalue weighted by atomic mass is 35.5. The third-order valence-corrected chi connectivity index (χ3v) is 6.95. The van der Waals surface area contributed by atoms with E-state index in [1.54, 1.807) is 16.7 Å². The molecule has 180 valence electrons. The minimum absolute atomic E-state index is 0.207. The SMILES string of the molecule is CCCCn1c2c(c(=O)n(CCCc3nc(Cc4c(Cl)ccc(Cl)c4Cl)no3)c1=O)CC(Cl)=N2. The van der Waals surface area contributed by atoms with Gasteiger partial charge in [0, 0.05) is 37.4 Å². The Balaban J connectivity index is 1.48. The van der Waals surface area contributed by atoms with Crippen LogP contribution < -0.4 is 11.2 Å². The molecule has 1 aliphatic heterocycles. The fraction of sp³-hybridized carbons (Fsp3) is 0.409. The quantitative estimate of drug-likeness (QED) is 0.345. The predicted molar refractivity (Wildman–Crippen MR) is 133 cm³/mol. The summed E-state index contributed by atoms with van der Waals surface area (Å²) in [5, 5.41) is 5.48. The molecule has 0 fully saturated rings. The van der Waals surface area contributed by atoms with Crippen LogP contribution in [0, 0.1) is 0 Å². The number of hydrogen-bond donors (Lipinski definition) is 0. The van der Waals surface area contributed by atoms with E-state index in [2.05, 4.69) is 15.1 Å². The second-order valence-corrected chi connectivity index (χ2v) is 9.55. The van der Waals surface area contributed by atoms with Gasteiger partial charge in [0.25, 0.3) is 5.56 Å². The van der Waals surface area contributed by atoms with Gasteiger partial charge in [-0.05, 0) is 30.5 Å².